The number of carbonyl (C=O) groups is 2. The van der Waals surface area contributed by atoms with Crippen LogP contribution in [0.4, 0.5) is 0 Å². The topological polar surface area (TPSA) is 87.7 Å². The van der Waals surface area contributed by atoms with Crippen LogP contribution in [0.2, 0.25) is 0 Å². The fourth-order valence-corrected chi connectivity index (χ4v) is 7.49. The first-order valence-electron chi connectivity index (χ1n) is 11.6. The van der Waals surface area contributed by atoms with E-state index >= 15 is 0 Å². The molecule has 0 spiro atoms. The van der Waals surface area contributed by atoms with E-state index in [1.807, 2.05) is 23.1 Å². The number of piperidine rings is 1. The van der Waals surface area contributed by atoms with Gasteiger partial charge in [0.15, 0.2) is 5.78 Å². The van der Waals surface area contributed by atoms with Crippen molar-refractivity contribution in [3.63, 3.8) is 0 Å². The van der Waals surface area contributed by atoms with Gasteiger partial charge in [-0.3, -0.25) is 9.59 Å². The number of rotatable bonds is 5. The minimum Gasteiger partial charge on any atom is -0.333 e. The zero-order chi connectivity index (χ0) is 23.9. The van der Waals surface area contributed by atoms with E-state index in [1.54, 1.807) is 23.5 Å². The molecule has 1 aromatic heterocycles. The van der Waals surface area contributed by atoms with Crippen molar-refractivity contribution in [3.8, 4) is 0 Å². The van der Waals surface area contributed by atoms with Crippen LogP contribution in [0.15, 0.2) is 53.4 Å². The lowest BCUT2D eigenvalue weighted by molar-refractivity contribution is -0.137. The fraction of sp³-hybridized carbons (Fsp3) is 0.400. The summed E-state index contributed by atoms with van der Waals surface area (Å²) in [4.78, 5) is 31.8. The zero-order valence-corrected chi connectivity index (χ0v) is 20.6. The third-order valence-electron chi connectivity index (χ3n) is 6.83. The molecule has 2 aliphatic rings. The summed E-state index contributed by atoms with van der Waals surface area (Å²) < 4.78 is 28.7. The standard InChI is InChI=1S/C25H27N3O4S2/c1-17(29)18-8-10-20(11-9-18)34(31,32)27-15-12-19(13-16-27)25(30)28-14-4-6-22(28)24-26-21-5-2-3-7-23(21)33-24/h2-3,5,7-11,19,22H,4,6,12-16H2,1H3. The van der Waals surface area contributed by atoms with Crippen molar-refractivity contribution >= 4 is 43.3 Å². The Morgan fingerprint density at radius 3 is 2.35 bits per heavy atom. The largest absolute Gasteiger partial charge is 0.333 e. The van der Waals surface area contributed by atoms with Crippen molar-refractivity contribution in [2.45, 2.75) is 43.5 Å². The van der Waals surface area contributed by atoms with Crippen molar-refractivity contribution < 1.29 is 18.0 Å². The highest BCUT2D eigenvalue weighted by Gasteiger charge is 2.38. The molecule has 9 heteroatoms. The first-order chi connectivity index (χ1) is 16.3. The Balaban J connectivity index is 1.25. The van der Waals surface area contributed by atoms with Crippen LogP contribution in [-0.2, 0) is 14.8 Å². The van der Waals surface area contributed by atoms with E-state index in [2.05, 4.69) is 6.07 Å². The summed E-state index contributed by atoms with van der Waals surface area (Å²) in [5.74, 6) is -0.166. The lowest BCUT2D eigenvalue weighted by Gasteiger charge is -2.34. The maximum atomic E-state index is 13.4. The van der Waals surface area contributed by atoms with Gasteiger partial charge in [-0.05, 0) is 56.9 Å². The molecule has 0 radical (unpaired) electrons. The molecule has 2 saturated heterocycles. The quantitative estimate of drug-likeness (QED) is 0.492. The van der Waals surface area contributed by atoms with Crippen LogP contribution in [0.25, 0.3) is 10.2 Å². The summed E-state index contributed by atoms with van der Waals surface area (Å²) in [7, 11) is -3.65. The molecule has 0 bridgehead atoms. The van der Waals surface area contributed by atoms with Crippen LogP contribution >= 0.6 is 11.3 Å². The van der Waals surface area contributed by atoms with Gasteiger partial charge in [-0.1, -0.05) is 24.3 Å². The maximum absolute atomic E-state index is 13.4. The number of likely N-dealkylation sites (tertiary alicyclic amines) is 1. The Morgan fingerprint density at radius 2 is 1.68 bits per heavy atom. The summed E-state index contributed by atoms with van der Waals surface area (Å²) in [6.07, 6.45) is 2.88. The smallest absolute Gasteiger partial charge is 0.243 e. The third-order valence-corrected chi connectivity index (χ3v) is 9.88. The highest BCUT2D eigenvalue weighted by molar-refractivity contribution is 7.89. The van der Waals surface area contributed by atoms with Gasteiger partial charge in [-0.2, -0.15) is 4.31 Å². The molecule has 2 aliphatic heterocycles. The van der Waals surface area contributed by atoms with Crippen LogP contribution in [0, 0.1) is 5.92 Å². The second kappa shape index (κ2) is 9.20. The first-order valence-corrected chi connectivity index (χ1v) is 13.9. The van der Waals surface area contributed by atoms with Crippen LogP contribution in [0.3, 0.4) is 0 Å². The Morgan fingerprint density at radius 1 is 0.971 bits per heavy atom. The van der Waals surface area contributed by atoms with E-state index in [-0.39, 0.29) is 28.5 Å². The number of thiazole rings is 1. The van der Waals surface area contributed by atoms with Gasteiger partial charge in [0.1, 0.15) is 5.01 Å². The fourth-order valence-electron chi connectivity index (χ4n) is 4.91. The van der Waals surface area contributed by atoms with Crippen molar-refractivity contribution in [2.24, 2.45) is 5.92 Å². The Hall–Kier alpha value is -2.62. The SMILES string of the molecule is CC(=O)c1ccc(S(=O)(=O)N2CCC(C(=O)N3CCCC3c3nc4ccccc4s3)CC2)cc1. The van der Waals surface area contributed by atoms with Crippen molar-refractivity contribution in [1.82, 2.24) is 14.2 Å². The van der Waals surface area contributed by atoms with Gasteiger partial charge in [0, 0.05) is 31.1 Å². The predicted octanol–water partition coefficient (Wildman–Crippen LogP) is 4.26. The van der Waals surface area contributed by atoms with Gasteiger partial charge in [0.25, 0.3) is 0 Å². The number of fused-ring (bicyclic) bond motifs is 1. The lowest BCUT2D eigenvalue weighted by Crippen LogP contribution is -2.44. The monoisotopic (exact) mass is 497 g/mol. The molecule has 2 fully saturated rings. The van der Waals surface area contributed by atoms with Gasteiger partial charge in [-0.15, -0.1) is 11.3 Å². The lowest BCUT2D eigenvalue weighted by atomic mass is 9.96. The molecule has 3 aromatic rings. The average molecular weight is 498 g/mol. The average Bonchev–Trinajstić information content (AvgIpc) is 3.50. The summed E-state index contributed by atoms with van der Waals surface area (Å²) in [6.45, 7) is 2.80. The summed E-state index contributed by atoms with van der Waals surface area (Å²) >= 11 is 1.65. The number of hydrogen-bond donors (Lipinski definition) is 0. The number of benzene rings is 2. The van der Waals surface area contributed by atoms with Crippen LogP contribution < -0.4 is 0 Å². The predicted molar refractivity (Wildman–Crippen MR) is 131 cm³/mol. The van der Waals surface area contributed by atoms with Crippen molar-refractivity contribution in [3.05, 3.63) is 59.1 Å². The van der Waals surface area contributed by atoms with Crippen molar-refractivity contribution in [1.29, 1.82) is 0 Å². The number of sulfonamides is 1. The second-order valence-corrected chi connectivity index (χ2v) is 12.0. The van der Waals surface area contributed by atoms with Gasteiger partial charge in [-0.25, -0.2) is 13.4 Å². The van der Waals surface area contributed by atoms with E-state index in [0.717, 1.165) is 34.6 Å². The Bertz CT molecular complexity index is 1290. The molecule has 5 rings (SSSR count). The van der Waals surface area contributed by atoms with Gasteiger partial charge in [0.2, 0.25) is 15.9 Å². The number of para-hydroxylation sites is 1. The number of carbonyl (C=O) groups excluding carboxylic acids is 2. The molecule has 3 heterocycles. The number of hydrogen-bond acceptors (Lipinski definition) is 6. The first kappa shape index (κ1) is 23.1. The summed E-state index contributed by atoms with van der Waals surface area (Å²) in [5, 5.41) is 0.987. The number of nitrogens with zero attached hydrogens (tertiary/aromatic N) is 3. The van der Waals surface area contributed by atoms with E-state index in [9.17, 15) is 18.0 Å². The number of ketones is 1. The highest BCUT2D eigenvalue weighted by Crippen LogP contribution is 2.38. The number of amides is 1. The van der Waals surface area contributed by atoms with Crippen molar-refractivity contribution in [2.75, 3.05) is 19.6 Å². The van der Waals surface area contributed by atoms with Crippen LogP contribution in [0.1, 0.15) is 54.0 Å². The van der Waals surface area contributed by atoms with Crippen LogP contribution in [0.5, 0.6) is 0 Å². The Labute approximate surface area is 203 Å². The van der Waals surface area contributed by atoms with E-state index in [0.29, 0.717) is 31.5 Å². The molecule has 1 unspecified atom stereocenters. The summed E-state index contributed by atoms with van der Waals surface area (Å²) in [5.41, 5.74) is 1.45. The van der Waals surface area contributed by atoms with Gasteiger partial charge in [0.05, 0.1) is 21.2 Å². The minimum absolute atomic E-state index is 0.00597. The molecule has 0 aliphatic carbocycles. The van der Waals surface area contributed by atoms with Gasteiger partial charge < -0.3 is 4.90 Å². The second-order valence-electron chi connectivity index (χ2n) is 8.97. The molecule has 1 amide bonds. The normalized spacial score (nSPS) is 20.1. The molecule has 1 atom stereocenters. The third kappa shape index (κ3) is 4.28. The number of Topliss-reactive ketones (excluding diaryl/α,β-unsaturated/α-hetero) is 1. The molecular formula is C25H27N3O4S2. The van der Waals surface area contributed by atoms with E-state index in [4.69, 9.17) is 4.98 Å². The van der Waals surface area contributed by atoms with Crippen LogP contribution in [-0.4, -0.2) is 53.9 Å². The molecule has 2 aromatic carbocycles. The molecule has 7 nitrogen and oxygen atoms in total. The molecule has 34 heavy (non-hydrogen) atoms. The zero-order valence-electron chi connectivity index (χ0n) is 19.0. The van der Waals surface area contributed by atoms with E-state index < -0.39 is 10.0 Å². The minimum atomic E-state index is -3.65. The molecule has 178 valence electrons. The number of aromatic nitrogens is 1. The molecule has 0 N–H and O–H groups in total. The summed E-state index contributed by atoms with van der Waals surface area (Å²) in [6, 6.07) is 14.1. The highest BCUT2D eigenvalue weighted by atomic mass is 32.2. The maximum Gasteiger partial charge on any atom is 0.243 e. The van der Waals surface area contributed by atoms with Gasteiger partial charge >= 0.3 is 0 Å². The Kier molecular flexibility index (Phi) is 6.26. The molecular weight excluding hydrogens is 470 g/mol. The molecule has 0 saturated carbocycles. The van der Waals surface area contributed by atoms with E-state index in [1.165, 1.54) is 23.4 Å².